The molecule has 0 aliphatic carbocycles. The molecule has 2 aromatic carbocycles. The zero-order chi connectivity index (χ0) is 29.0. The minimum Gasteiger partial charge on any atom is -0.497 e. The monoisotopic (exact) mass is 625 g/mol. The lowest BCUT2D eigenvalue weighted by molar-refractivity contribution is -0.127. The lowest BCUT2D eigenvalue weighted by Gasteiger charge is -2.30. The van der Waals surface area contributed by atoms with E-state index in [9.17, 15) is 9.59 Å². The fourth-order valence-electron chi connectivity index (χ4n) is 4.68. The van der Waals surface area contributed by atoms with Crippen molar-refractivity contribution in [3.05, 3.63) is 95.6 Å². The highest BCUT2D eigenvalue weighted by atomic mass is 79.9. The molecule has 4 rings (SSSR count). The molecule has 0 unspecified atom stereocenters. The maximum absolute atomic E-state index is 14.1. The van der Waals surface area contributed by atoms with Crippen LogP contribution >= 0.6 is 27.3 Å². The predicted octanol–water partition coefficient (Wildman–Crippen LogP) is 4.45. The van der Waals surface area contributed by atoms with Crippen molar-refractivity contribution in [1.82, 2.24) is 9.47 Å². The Hall–Kier alpha value is -3.63. The van der Waals surface area contributed by atoms with Crippen LogP contribution in [0.25, 0.3) is 6.08 Å². The molecule has 2 heterocycles. The van der Waals surface area contributed by atoms with Gasteiger partial charge in [0.15, 0.2) is 4.80 Å². The van der Waals surface area contributed by atoms with Crippen molar-refractivity contribution < 1.29 is 19.0 Å². The Morgan fingerprint density at radius 2 is 1.88 bits per heavy atom. The molecule has 0 radical (unpaired) electrons. The van der Waals surface area contributed by atoms with Crippen molar-refractivity contribution in [3.63, 3.8) is 0 Å². The number of nitrogens with zero attached hydrogens (tertiary/aromatic N) is 3. The van der Waals surface area contributed by atoms with Crippen LogP contribution in [0.3, 0.4) is 0 Å². The zero-order valence-corrected chi connectivity index (χ0v) is 25.6. The van der Waals surface area contributed by atoms with Gasteiger partial charge in [-0.3, -0.25) is 14.2 Å². The number of methoxy groups -OCH3 is 2. The SMILES string of the molecule is C=CCOc1ccc(Br)cc1/C=c1/sc2n(c1=O)[C@@H](c1cc(OC)ccc1OC)C(C(=O)N(CC)CC)=C(C)N=2. The average Bonchev–Trinajstić information content (AvgIpc) is 3.25. The summed E-state index contributed by atoms with van der Waals surface area (Å²) in [5.41, 5.74) is 2.07. The number of amides is 1. The molecule has 1 aromatic heterocycles. The lowest BCUT2D eigenvalue weighted by atomic mass is 9.93. The van der Waals surface area contributed by atoms with Crippen LogP contribution in [0, 0.1) is 0 Å². The van der Waals surface area contributed by atoms with Gasteiger partial charge in [0.05, 0.1) is 30.0 Å². The predicted molar refractivity (Wildman–Crippen MR) is 161 cm³/mol. The average molecular weight is 627 g/mol. The van der Waals surface area contributed by atoms with E-state index in [1.807, 2.05) is 45.0 Å². The summed E-state index contributed by atoms with van der Waals surface area (Å²) < 4.78 is 19.9. The Labute approximate surface area is 245 Å². The number of carbonyl (C=O) groups excluding carboxylic acids is 1. The smallest absolute Gasteiger partial charge is 0.271 e. The number of benzene rings is 2. The Morgan fingerprint density at radius 1 is 1.15 bits per heavy atom. The summed E-state index contributed by atoms with van der Waals surface area (Å²) in [6.07, 6.45) is 3.45. The summed E-state index contributed by atoms with van der Waals surface area (Å²) in [7, 11) is 3.14. The molecule has 0 spiro atoms. The van der Waals surface area contributed by atoms with Crippen LogP contribution in [0.4, 0.5) is 0 Å². The summed E-state index contributed by atoms with van der Waals surface area (Å²) in [6.45, 7) is 10.8. The van der Waals surface area contributed by atoms with Gasteiger partial charge in [-0.1, -0.05) is 39.9 Å². The maximum Gasteiger partial charge on any atom is 0.271 e. The third kappa shape index (κ3) is 5.64. The molecule has 0 saturated carbocycles. The second-order valence-corrected chi connectivity index (χ2v) is 10.9. The number of hydrogen-bond donors (Lipinski definition) is 0. The molecular weight excluding hydrogens is 594 g/mol. The third-order valence-corrected chi connectivity index (χ3v) is 8.13. The van der Waals surface area contributed by atoms with Crippen molar-refractivity contribution >= 4 is 39.2 Å². The molecule has 8 nitrogen and oxygen atoms in total. The highest BCUT2D eigenvalue weighted by Crippen LogP contribution is 2.38. The highest BCUT2D eigenvalue weighted by molar-refractivity contribution is 9.10. The van der Waals surface area contributed by atoms with Gasteiger partial charge in [-0.2, -0.15) is 0 Å². The van der Waals surface area contributed by atoms with Crippen molar-refractivity contribution in [2.45, 2.75) is 26.8 Å². The van der Waals surface area contributed by atoms with Gasteiger partial charge in [0.1, 0.15) is 29.9 Å². The number of allylic oxidation sites excluding steroid dienone is 1. The van der Waals surface area contributed by atoms with Gasteiger partial charge >= 0.3 is 0 Å². The Morgan fingerprint density at radius 3 is 2.52 bits per heavy atom. The van der Waals surface area contributed by atoms with Gasteiger partial charge in [-0.15, -0.1) is 0 Å². The van der Waals surface area contributed by atoms with Crippen molar-refractivity contribution in [3.8, 4) is 17.2 Å². The number of ether oxygens (including phenoxy) is 3. The number of carbonyl (C=O) groups is 1. The topological polar surface area (TPSA) is 82.4 Å². The van der Waals surface area contributed by atoms with Crippen LogP contribution < -0.4 is 29.1 Å². The molecule has 40 heavy (non-hydrogen) atoms. The molecule has 1 atom stereocenters. The Kier molecular flexibility index (Phi) is 9.32. The van der Waals surface area contributed by atoms with E-state index < -0.39 is 6.04 Å². The van der Waals surface area contributed by atoms with Crippen molar-refractivity contribution in [2.75, 3.05) is 33.9 Å². The van der Waals surface area contributed by atoms with Crippen LogP contribution in [-0.2, 0) is 4.79 Å². The van der Waals surface area contributed by atoms with Crippen molar-refractivity contribution in [1.29, 1.82) is 0 Å². The number of aromatic nitrogens is 1. The molecule has 0 N–H and O–H groups in total. The van der Waals surface area contributed by atoms with E-state index >= 15 is 0 Å². The number of fused-ring (bicyclic) bond motifs is 1. The third-order valence-electron chi connectivity index (χ3n) is 6.65. The zero-order valence-electron chi connectivity index (χ0n) is 23.2. The first-order valence-corrected chi connectivity index (χ1v) is 14.5. The lowest BCUT2D eigenvalue weighted by Crippen LogP contribution is -2.43. The van der Waals surface area contributed by atoms with E-state index in [1.165, 1.54) is 11.3 Å². The largest absolute Gasteiger partial charge is 0.497 e. The van der Waals surface area contributed by atoms with E-state index in [2.05, 4.69) is 22.5 Å². The van der Waals surface area contributed by atoms with Crippen LogP contribution in [0.1, 0.15) is 37.9 Å². The first-order valence-electron chi connectivity index (χ1n) is 12.8. The summed E-state index contributed by atoms with van der Waals surface area (Å²) in [5, 5.41) is 0. The van der Waals surface area contributed by atoms with Crippen LogP contribution in [-0.4, -0.2) is 49.3 Å². The molecule has 10 heteroatoms. The fourth-order valence-corrected chi connectivity index (χ4v) is 6.09. The normalized spacial score (nSPS) is 14.8. The maximum atomic E-state index is 14.1. The first kappa shape index (κ1) is 29.4. The number of rotatable bonds is 10. The Bertz CT molecular complexity index is 1650. The molecule has 3 aromatic rings. The molecule has 1 aliphatic heterocycles. The number of hydrogen-bond acceptors (Lipinski definition) is 7. The van der Waals surface area contributed by atoms with Gasteiger partial charge in [0, 0.05) is 28.7 Å². The number of thiazole rings is 1. The summed E-state index contributed by atoms with van der Waals surface area (Å²) in [5.74, 6) is 1.56. The number of likely N-dealkylation sites (N-methyl/N-ethyl adjacent to an activating group) is 1. The quantitative estimate of drug-likeness (QED) is 0.311. The second kappa shape index (κ2) is 12.7. The minimum atomic E-state index is -0.768. The van der Waals surface area contributed by atoms with Crippen molar-refractivity contribution in [2.24, 2.45) is 4.99 Å². The van der Waals surface area contributed by atoms with Gasteiger partial charge < -0.3 is 19.1 Å². The molecule has 210 valence electrons. The molecule has 0 bridgehead atoms. The van der Waals surface area contributed by atoms with Gasteiger partial charge in [-0.25, -0.2) is 4.99 Å². The van der Waals surface area contributed by atoms with Crippen LogP contribution in [0.15, 0.2) is 74.6 Å². The molecule has 1 amide bonds. The van der Waals surface area contributed by atoms with E-state index in [1.54, 1.807) is 48.0 Å². The van der Waals surface area contributed by atoms with Gasteiger partial charge in [0.25, 0.3) is 11.5 Å². The number of halogens is 1. The van der Waals surface area contributed by atoms with Crippen LogP contribution in [0.5, 0.6) is 17.2 Å². The second-order valence-electron chi connectivity index (χ2n) is 8.95. The molecular formula is C30H32BrN3O5S. The summed E-state index contributed by atoms with van der Waals surface area (Å²) >= 11 is 4.77. The Balaban J connectivity index is 2.02. The van der Waals surface area contributed by atoms with Gasteiger partial charge in [0.2, 0.25) is 0 Å². The van der Waals surface area contributed by atoms with E-state index in [0.717, 1.165) is 10.0 Å². The first-order chi connectivity index (χ1) is 19.3. The molecule has 1 aliphatic rings. The summed E-state index contributed by atoms with van der Waals surface area (Å²) in [4.78, 5) is 35.0. The van der Waals surface area contributed by atoms with E-state index in [0.29, 0.717) is 63.1 Å². The van der Waals surface area contributed by atoms with Crippen LogP contribution in [0.2, 0.25) is 0 Å². The highest BCUT2D eigenvalue weighted by Gasteiger charge is 2.36. The standard InChI is InChI=1S/C30H32BrN3O5S/c1-7-14-39-23-12-10-20(31)15-19(23)16-25-28(35)34-27(22-17-21(37-5)11-13-24(22)38-6)26(18(4)32-30(34)40-25)29(36)33(8-2)9-3/h7,10-13,15-17,27H,1,8-9,14H2,2-6H3/b25-16+/t27-/m0/s1. The fraction of sp³-hybridized carbons (Fsp3) is 0.300. The van der Waals surface area contributed by atoms with E-state index in [-0.39, 0.29) is 11.5 Å². The van der Waals surface area contributed by atoms with Gasteiger partial charge in [-0.05, 0) is 63.2 Å². The summed E-state index contributed by atoms with van der Waals surface area (Å²) in [6, 6.07) is 10.2. The molecule has 0 fully saturated rings. The molecule has 0 saturated heterocycles. The minimum absolute atomic E-state index is 0.178. The van der Waals surface area contributed by atoms with E-state index in [4.69, 9.17) is 19.2 Å².